The van der Waals surface area contributed by atoms with Gasteiger partial charge in [-0.15, -0.1) is 0 Å². The number of aliphatic hydroxyl groups is 3. The first kappa shape index (κ1) is 61.8. The molecule has 3 unspecified atom stereocenters. The van der Waals surface area contributed by atoms with Crippen molar-refractivity contribution in [3.05, 3.63) is 24.3 Å². The minimum absolute atomic E-state index is 0.0394. The van der Waals surface area contributed by atoms with E-state index < -0.39 is 18.2 Å². The second-order valence-corrected chi connectivity index (χ2v) is 19.9. The fourth-order valence-corrected chi connectivity index (χ4v) is 9.14. The highest BCUT2D eigenvalue weighted by molar-refractivity contribution is 5.76. The Balaban J connectivity index is 3.50. The minimum Gasteiger partial charge on any atom is -0.394 e. The topological polar surface area (TPSA) is 89.8 Å². The Labute approximate surface area is 394 Å². The highest BCUT2D eigenvalue weighted by Gasteiger charge is 2.21. The summed E-state index contributed by atoms with van der Waals surface area (Å²) < 4.78 is 0. The third-order valence-electron chi connectivity index (χ3n) is 13.5. The lowest BCUT2D eigenvalue weighted by atomic mass is 10.0. The zero-order valence-electron chi connectivity index (χ0n) is 42.7. The molecule has 4 N–H and O–H groups in total. The summed E-state index contributed by atoms with van der Waals surface area (Å²) in [6.07, 6.45) is 67.7. The molecule has 0 rings (SSSR count). The molecule has 5 heteroatoms. The number of rotatable bonds is 53. The molecule has 0 aromatic heterocycles. The fraction of sp³-hybridized carbons (Fsp3) is 0.914. The summed E-state index contributed by atoms with van der Waals surface area (Å²) in [5.41, 5.74) is 0. The Morgan fingerprint density at radius 2 is 0.683 bits per heavy atom. The molecule has 374 valence electrons. The molecule has 0 aromatic rings. The van der Waals surface area contributed by atoms with Crippen LogP contribution in [-0.2, 0) is 4.79 Å². The summed E-state index contributed by atoms with van der Waals surface area (Å²) in [5.74, 6) is -0.278. The van der Waals surface area contributed by atoms with Gasteiger partial charge in [0.15, 0.2) is 0 Å². The summed E-state index contributed by atoms with van der Waals surface area (Å²) in [4.78, 5) is 12.5. The molecular weight excluding hydrogens is 775 g/mol. The third-order valence-corrected chi connectivity index (χ3v) is 13.5. The molecule has 0 saturated carbocycles. The van der Waals surface area contributed by atoms with Gasteiger partial charge in [0.1, 0.15) is 0 Å². The number of hydrogen-bond acceptors (Lipinski definition) is 4. The standard InChI is InChI=1S/C58H113NO4/c1-3-5-7-9-11-13-15-17-19-21-22-23-24-25-26-27-28-29-30-31-32-33-34-36-37-39-41-43-45-47-49-51-55(61)53-58(63)59-56(54-60)57(62)52-50-48-46-44-42-40-38-35-20-18-16-14-12-10-8-6-4-2/h22-23,25-26,55-57,60-62H,3-21,24,27-54H2,1-2H3,(H,59,63)/b23-22-,26-25-. The molecule has 0 fully saturated rings. The molecule has 0 aromatic carbocycles. The molecule has 0 bridgehead atoms. The highest BCUT2D eigenvalue weighted by Crippen LogP contribution is 2.18. The maximum Gasteiger partial charge on any atom is 0.222 e. The van der Waals surface area contributed by atoms with Gasteiger partial charge in [-0.3, -0.25) is 4.79 Å². The Morgan fingerprint density at radius 1 is 0.397 bits per heavy atom. The Kier molecular flexibility index (Phi) is 52.5. The van der Waals surface area contributed by atoms with E-state index in [9.17, 15) is 20.1 Å². The number of carbonyl (C=O) groups excluding carboxylic acids is 1. The zero-order chi connectivity index (χ0) is 45.8. The van der Waals surface area contributed by atoms with Gasteiger partial charge in [-0.25, -0.2) is 0 Å². The number of carbonyl (C=O) groups is 1. The van der Waals surface area contributed by atoms with Crippen molar-refractivity contribution in [2.75, 3.05) is 6.61 Å². The van der Waals surface area contributed by atoms with Crippen LogP contribution in [0.1, 0.15) is 316 Å². The molecule has 0 saturated heterocycles. The minimum atomic E-state index is -0.748. The largest absolute Gasteiger partial charge is 0.394 e. The van der Waals surface area contributed by atoms with Crippen molar-refractivity contribution in [2.45, 2.75) is 334 Å². The van der Waals surface area contributed by atoms with Crippen molar-refractivity contribution < 1.29 is 20.1 Å². The van der Waals surface area contributed by atoms with Crippen LogP contribution in [0.15, 0.2) is 24.3 Å². The molecule has 0 aliphatic heterocycles. The number of allylic oxidation sites excluding steroid dienone is 4. The van der Waals surface area contributed by atoms with Crippen LogP contribution in [0, 0.1) is 0 Å². The number of unbranched alkanes of at least 4 members (excludes halogenated alkanes) is 40. The fourth-order valence-electron chi connectivity index (χ4n) is 9.14. The smallest absolute Gasteiger partial charge is 0.222 e. The lowest BCUT2D eigenvalue weighted by molar-refractivity contribution is -0.125. The van der Waals surface area contributed by atoms with Crippen LogP contribution in [0.4, 0.5) is 0 Å². The number of nitrogens with one attached hydrogen (secondary N) is 1. The Hall–Kier alpha value is -1.17. The third kappa shape index (κ3) is 50.1. The van der Waals surface area contributed by atoms with Gasteiger partial charge >= 0.3 is 0 Å². The van der Waals surface area contributed by atoms with Gasteiger partial charge in [0.2, 0.25) is 5.91 Å². The predicted octanol–water partition coefficient (Wildman–Crippen LogP) is 17.7. The Morgan fingerprint density at radius 3 is 1.00 bits per heavy atom. The van der Waals surface area contributed by atoms with E-state index in [2.05, 4.69) is 43.5 Å². The first-order valence-electron chi connectivity index (χ1n) is 28.6. The normalized spacial score (nSPS) is 13.4. The summed E-state index contributed by atoms with van der Waals surface area (Å²) >= 11 is 0. The number of hydrogen-bond donors (Lipinski definition) is 4. The van der Waals surface area contributed by atoms with Crippen molar-refractivity contribution in [1.82, 2.24) is 5.32 Å². The van der Waals surface area contributed by atoms with Gasteiger partial charge in [0.25, 0.3) is 0 Å². The maximum atomic E-state index is 12.5. The average Bonchev–Trinajstić information content (AvgIpc) is 3.28. The van der Waals surface area contributed by atoms with E-state index in [1.54, 1.807) is 0 Å². The molecule has 0 aliphatic carbocycles. The van der Waals surface area contributed by atoms with Gasteiger partial charge in [-0.1, -0.05) is 289 Å². The average molecular weight is 889 g/mol. The van der Waals surface area contributed by atoms with Crippen LogP contribution < -0.4 is 5.32 Å². The quantitative estimate of drug-likeness (QED) is 0.0362. The van der Waals surface area contributed by atoms with Crippen molar-refractivity contribution in [2.24, 2.45) is 0 Å². The lowest BCUT2D eigenvalue weighted by Crippen LogP contribution is -2.46. The van der Waals surface area contributed by atoms with Gasteiger partial charge < -0.3 is 20.6 Å². The summed E-state index contributed by atoms with van der Waals surface area (Å²) in [6, 6.07) is -0.657. The van der Waals surface area contributed by atoms with E-state index in [0.29, 0.717) is 12.8 Å². The van der Waals surface area contributed by atoms with E-state index in [1.165, 1.54) is 250 Å². The van der Waals surface area contributed by atoms with Crippen LogP contribution in [0.3, 0.4) is 0 Å². The summed E-state index contributed by atoms with van der Waals surface area (Å²) in [7, 11) is 0. The van der Waals surface area contributed by atoms with E-state index >= 15 is 0 Å². The molecule has 1 amide bonds. The first-order valence-corrected chi connectivity index (χ1v) is 28.6. The second kappa shape index (κ2) is 53.4. The van der Waals surface area contributed by atoms with Crippen LogP contribution in [-0.4, -0.2) is 46.1 Å². The van der Waals surface area contributed by atoms with Gasteiger partial charge in [0.05, 0.1) is 31.3 Å². The van der Waals surface area contributed by atoms with Gasteiger partial charge in [-0.2, -0.15) is 0 Å². The zero-order valence-corrected chi connectivity index (χ0v) is 42.7. The SMILES string of the molecule is CCCCCCCCCCC/C=C\C/C=C\CCCCCCCCCCCCCCCCCC(O)CC(=O)NC(CO)C(O)CCCCCCCCCCCCCCCCCCC. The van der Waals surface area contributed by atoms with Crippen LogP contribution in [0.5, 0.6) is 0 Å². The summed E-state index contributed by atoms with van der Waals surface area (Å²) in [6.45, 7) is 4.29. The van der Waals surface area contributed by atoms with Gasteiger partial charge in [0, 0.05) is 0 Å². The predicted molar refractivity (Wildman–Crippen MR) is 278 cm³/mol. The molecule has 3 atom stereocenters. The first-order chi connectivity index (χ1) is 31.0. The lowest BCUT2D eigenvalue weighted by Gasteiger charge is -2.23. The van der Waals surface area contributed by atoms with Crippen molar-refractivity contribution in [1.29, 1.82) is 0 Å². The van der Waals surface area contributed by atoms with Crippen LogP contribution >= 0.6 is 0 Å². The molecule has 0 spiro atoms. The van der Waals surface area contributed by atoms with Gasteiger partial charge in [-0.05, 0) is 44.9 Å². The van der Waals surface area contributed by atoms with Crippen molar-refractivity contribution in [3.63, 3.8) is 0 Å². The second-order valence-electron chi connectivity index (χ2n) is 19.9. The van der Waals surface area contributed by atoms with Crippen LogP contribution in [0.25, 0.3) is 0 Å². The number of amides is 1. The van der Waals surface area contributed by atoms with Crippen molar-refractivity contribution in [3.8, 4) is 0 Å². The Bertz CT molecular complexity index is 936. The molecule has 5 nitrogen and oxygen atoms in total. The van der Waals surface area contributed by atoms with Crippen molar-refractivity contribution >= 4 is 5.91 Å². The van der Waals surface area contributed by atoms with E-state index in [4.69, 9.17) is 0 Å². The molecule has 0 heterocycles. The van der Waals surface area contributed by atoms with E-state index in [1.807, 2.05) is 0 Å². The van der Waals surface area contributed by atoms with Crippen LogP contribution in [0.2, 0.25) is 0 Å². The monoisotopic (exact) mass is 888 g/mol. The highest BCUT2D eigenvalue weighted by atomic mass is 16.3. The molecule has 0 radical (unpaired) electrons. The van der Waals surface area contributed by atoms with E-state index in [-0.39, 0.29) is 18.9 Å². The molecular formula is C58H113NO4. The summed E-state index contributed by atoms with van der Waals surface area (Å²) in [5, 5.41) is 33.6. The molecule has 63 heavy (non-hydrogen) atoms. The maximum absolute atomic E-state index is 12.5. The number of aliphatic hydroxyl groups excluding tert-OH is 3. The van der Waals surface area contributed by atoms with E-state index in [0.717, 1.165) is 32.1 Å². The molecule has 0 aliphatic rings.